The maximum absolute atomic E-state index is 11.5. The van der Waals surface area contributed by atoms with E-state index in [4.69, 9.17) is 9.88 Å². The number of hydrogen-bond acceptors (Lipinski definition) is 4. The fourth-order valence-corrected chi connectivity index (χ4v) is 2.94. The van der Waals surface area contributed by atoms with E-state index in [2.05, 4.69) is 18.8 Å². The Morgan fingerprint density at radius 2 is 2.00 bits per heavy atom. The van der Waals surface area contributed by atoms with Crippen molar-refractivity contribution in [1.82, 2.24) is 4.98 Å². The highest BCUT2D eigenvalue weighted by Gasteiger charge is 2.29. The summed E-state index contributed by atoms with van der Waals surface area (Å²) >= 11 is 0. The summed E-state index contributed by atoms with van der Waals surface area (Å²) in [5, 5.41) is 5.16. The van der Waals surface area contributed by atoms with Crippen LogP contribution < -0.4 is 9.88 Å². The SMILES string of the molecule is CC1(C)CCC(Oc2ncccc2S(N)(=O)=O)CC1. The van der Waals surface area contributed by atoms with Gasteiger partial charge in [0.2, 0.25) is 15.9 Å². The first-order valence-electron chi connectivity index (χ1n) is 6.42. The minimum absolute atomic E-state index is 0.0171. The van der Waals surface area contributed by atoms with Crippen LogP contribution in [0.5, 0.6) is 5.88 Å². The molecule has 0 atom stereocenters. The van der Waals surface area contributed by atoms with Crippen molar-refractivity contribution in [3.63, 3.8) is 0 Å². The van der Waals surface area contributed by atoms with Gasteiger partial charge < -0.3 is 4.74 Å². The molecule has 19 heavy (non-hydrogen) atoms. The summed E-state index contributed by atoms with van der Waals surface area (Å²) in [6, 6.07) is 2.96. The first-order chi connectivity index (χ1) is 8.78. The topological polar surface area (TPSA) is 82.3 Å². The van der Waals surface area contributed by atoms with E-state index >= 15 is 0 Å². The maximum Gasteiger partial charge on any atom is 0.243 e. The zero-order valence-corrected chi connectivity index (χ0v) is 12.1. The monoisotopic (exact) mass is 284 g/mol. The van der Waals surface area contributed by atoms with Gasteiger partial charge >= 0.3 is 0 Å². The molecule has 0 radical (unpaired) electrons. The second-order valence-corrected chi connectivity index (χ2v) is 7.36. The minimum atomic E-state index is -3.79. The summed E-state index contributed by atoms with van der Waals surface area (Å²) in [4.78, 5) is 3.95. The number of ether oxygens (including phenoxy) is 1. The number of nitrogens with two attached hydrogens (primary N) is 1. The van der Waals surface area contributed by atoms with Crippen LogP contribution in [0.2, 0.25) is 0 Å². The molecule has 0 aromatic carbocycles. The molecule has 2 rings (SSSR count). The molecule has 0 saturated heterocycles. The van der Waals surface area contributed by atoms with Gasteiger partial charge in [-0.1, -0.05) is 13.8 Å². The van der Waals surface area contributed by atoms with Gasteiger partial charge in [0.15, 0.2) is 0 Å². The van der Waals surface area contributed by atoms with Gasteiger partial charge in [-0.05, 0) is 43.2 Å². The Hall–Kier alpha value is -1.14. The van der Waals surface area contributed by atoms with Gasteiger partial charge in [-0.15, -0.1) is 0 Å². The Bertz CT molecular complexity index is 545. The van der Waals surface area contributed by atoms with E-state index in [1.807, 2.05) is 0 Å². The first kappa shape index (κ1) is 14.3. The molecule has 0 spiro atoms. The van der Waals surface area contributed by atoms with Crippen LogP contribution in [0.1, 0.15) is 39.5 Å². The van der Waals surface area contributed by atoms with Crippen LogP contribution in [0.3, 0.4) is 0 Å². The fourth-order valence-electron chi connectivity index (χ4n) is 2.33. The Kier molecular flexibility index (Phi) is 3.82. The van der Waals surface area contributed by atoms with E-state index in [1.54, 1.807) is 0 Å². The molecule has 0 aliphatic heterocycles. The molecule has 106 valence electrons. The van der Waals surface area contributed by atoms with Crippen molar-refractivity contribution >= 4 is 10.0 Å². The Morgan fingerprint density at radius 3 is 2.58 bits per heavy atom. The van der Waals surface area contributed by atoms with Crippen LogP contribution in [0.15, 0.2) is 23.2 Å². The number of hydrogen-bond donors (Lipinski definition) is 1. The van der Waals surface area contributed by atoms with Crippen LogP contribution in [-0.2, 0) is 10.0 Å². The van der Waals surface area contributed by atoms with Gasteiger partial charge in [-0.25, -0.2) is 18.5 Å². The lowest BCUT2D eigenvalue weighted by molar-refractivity contribution is 0.0922. The first-order valence-corrected chi connectivity index (χ1v) is 7.97. The molecule has 1 aromatic rings. The zero-order chi connectivity index (χ0) is 14.1. The van der Waals surface area contributed by atoms with E-state index in [-0.39, 0.29) is 16.9 Å². The van der Waals surface area contributed by atoms with Crippen molar-refractivity contribution < 1.29 is 13.2 Å². The van der Waals surface area contributed by atoms with E-state index < -0.39 is 10.0 Å². The fraction of sp³-hybridized carbons (Fsp3) is 0.615. The van der Waals surface area contributed by atoms with E-state index in [1.165, 1.54) is 18.3 Å². The molecule has 1 heterocycles. The minimum Gasteiger partial charge on any atom is -0.473 e. The molecule has 1 aromatic heterocycles. The van der Waals surface area contributed by atoms with Gasteiger partial charge in [0, 0.05) is 6.20 Å². The summed E-state index contributed by atoms with van der Waals surface area (Å²) in [6.07, 6.45) is 5.48. The smallest absolute Gasteiger partial charge is 0.243 e. The third-order valence-corrected chi connectivity index (χ3v) is 4.53. The molecule has 5 nitrogen and oxygen atoms in total. The number of primary sulfonamides is 1. The highest BCUT2D eigenvalue weighted by molar-refractivity contribution is 7.89. The normalized spacial score (nSPS) is 20.2. The summed E-state index contributed by atoms with van der Waals surface area (Å²) < 4.78 is 28.6. The van der Waals surface area contributed by atoms with Gasteiger partial charge in [-0.3, -0.25) is 0 Å². The lowest BCUT2D eigenvalue weighted by atomic mass is 9.76. The van der Waals surface area contributed by atoms with Crippen LogP contribution in [0.25, 0.3) is 0 Å². The number of rotatable bonds is 3. The third-order valence-electron chi connectivity index (χ3n) is 3.61. The Labute approximate surface area is 114 Å². The van der Waals surface area contributed by atoms with Crippen molar-refractivity contribution in [2.24, 2.45) is 10.6 Å². The highest BCUT2D eigenvalue weighted by atomic mass is 32.2. The molecular formula is C13H20N2O3S. The Balaban J connectivity index is 2.13. The summed E-state index contributed by atoms with van der Waals surface area (Å²) in [5.74, 6) is 0.120. The number of sulfonamides is 1. The van der Waals surface area contributed by atoms with Crippen LogP contribution in [0.4, 0.5) is 0 Å². The van der Waals surface area contributed by atoms with Gasteiger partial charge in [0.1, 0.15) is 11.0 Å². The number of pyridine rings is 1. The molecular weight excluding hydrogens is 264 g/mol. The highest BCUT2D eigenvalue weighted by Crippen LogP contribution is 2.36. The predicted octanol–water partition coefficient (Wildman–Crippen LogP) is 2.08. The van der Waals surface area contributed by atoms with E-state index in [0.717, 1.165) is 25.7 Å². The van der Waals surface area contributed by atoms with Crippen LogP contribution in [0, 0.1) is 5.41 Å². The summed E-state index contributed by atoms with van der Waals surface area (Å²) in [5.41, 5.74) is 0.340. The molecule has 2 N–H and O–H groups in total. The zero-order valence-electron chi connectivity index (χ0n) is 11.3. The third kappa shape index (κ3) is 3.67. The molecule has 1 aliphatic carbocycles. The summed E-state index contributed by atoms with van der Waals surface area (Å²) in [6.45, 7) is 4.47. The quantitative estimate of drug-likeness (QED) is 0.921. The van der Waals surface area contributed by atoms with E-state index in [9.17, 15) is 8.42 Å². The Morgan fingerprint density at radius 1 is 1.37 bits per heavy atom. The molecule has 1 aliphatic rings. The van der Waals surface area contributed by atoms with E-state index in [0.29, 0.717) is 5.41 Å². The molecule has 1 saturated carbocycles. The van der Waals surface area contributed by atoms with Crippen molar-refractivity contribution in [2.75, 3.05) is 0 Å². The van der Waals surface area contributed by atoms with Crippen molar-refractivity contribution in [3.8, 4) is 5.88 Å². The average molecular weight is 284 g/mol. The molecule has 0 unspecified atom stereocenters. The lowest BCUT2D eigenvalue weighted by Crippen LogP contribution is -2.29. The average Bonchev–Trinajstić information content (AvgIpc) is 2.31. The second kappa shape index (κ2) is 5.09. The van der Waals surface area contributed by atoms with Crippen molar-refractivity contribution in [1.29, 1.82) is 0 Å². The standard InChI is InChI=1S/C13H20N2O3S/c1-13(2)7-5-10(6-8-13)18-12-11(19(14,16)17)4-3-9-15-12/h3-4,9-10H,5-8H2,1-2H3,(H2,14,16,17). The molecule has 6 heteroatoms. The predicted molar refractivity (Wildman–Crippen MR) is 72.3 cm³/mol. The van der Waals surface area contributed by atoms with Crippen molar-refractivity contribution in [2.45, 2.75) is 50.5 Å². The van der Waals surface area contributed by atoms with Gasteiger partial charge in [0.05, 0.1) is 0 Å². The van der Waals surface area contributed by atoms with Crippen LogP contribution >= 0.6 is 0 Å². The molecule has 1 fully saturated rings. The maximum atomic E-state index is 11.5. The molecule has 0 amide bonds. The second-order valence-electron chi connectivity index (χ2n) is 5.83. The van der Waals surface area contributed by atoms with Crippen LogP contribution in [-0.4, -0.2) is 19.5 Å². The van der Waals surface area contributed by atoms with Gasteiger partial charge in [0.25, 0.3) is 0 Å². The molecule has 0 bridgehead atoms. The number of nitrogens with zero attached hydrogens (tertiary/aromatic N) is 1. The van der Waals surface area contributed by atoms with Gasteiger partial charge in [-0.2, -0.15) is 0 Å². The summed E-state index contributed by atoms with van der Waals surface area (Å²) in [7, 11) is -3.79. The number of aromatic nitrogens is 1. The largest absolute Gasteiger partial charge is 0.473 e. The van der Waals surface area contributed by atoms with Crippen molar-refractivity contribution in [3.05, 3.63) is 18.3 Å². The lowest BCUT2D eigenvalue weighted by Gasteiger charge is -2.34.